The number of unbranched alkanes of at least 4 members (excludes halogenated alkanes) is 1. The van der Waals surface area contributed by atoms with E-state index in [1.165, 1.54) is 0 Å². The zero-order chi connectivity index (χ0) is 23.1. The fourth-order valence-corrected chi connectivity index (χ4v) is 5.27. The first kappa shape index (κ1) is 21.0. The molecule has 6 rings (SSSR count). The monoisotopic (exact) mass is 460 g/mol. The fourth-order valence-electron chi connectivity index (χ4n) is 5.27. The molecule has 0 atom stereocenters. The third-order valence-electron chi connectivity index (χ3n) is 7.01. The number of H-pyrrole nitrogens is 1. The molecule has 1 fully saturated rings. The second-order valence-electron chi connectivity index (χ2n) is 9.11. The van der Waals surface area contributed by atoms with Crippen molar-refractivity contribution in [1.29, 1.82) is 0 Å². The van der Waals surface area contributed by atoms with Crippen molar-refractivity contribution in [2.24, 2.45) is 0 Å². The molecule has 0 aliphatic carbocycles. The minimum absolute atomic E-state index is 0.0131. The number of imidazole rings is 1. The number of ether oxygens (including phenoxy) is 1. The van der Waals surface area contributed by atoms with Crippen LogP contribution in [0.2, 0.25) is 0 Å². The summed E-state index contributed by atoms with van der Waals surface area (Å²) in [6, 6.07) is 15.7. The molecule has 1 N–H and O–H groups in total. The van der Waals surface area contributed by atoms with Crippen molar-refractivity contribution in [3.63, 3.8) is 0 Å². The van der Waals surface area contributed by atoms with Gasteiger partial charge in [0.2, 0.25) is 0 Å². The van der Waals surface area contributed by atoms with Gasteiger partial charge in [0.05, 0.1) is 16.7 Å². The summed E-state index contributed by atoms with van der Waals surface area (Å²) < 4.78 is 10.9. The number of likely N-dealkylation sites (tertiary alicyclic amines) is 1. The molecule has 34 heavy (non-hydrogen) atoms. The first-order valence-electron chi connectivity index (χ1n) is 12.0. The molecule has 9 nitrogen and oxygen atoms in total. The van der Waals surface area contributed by atoms with Gasteiger partial charge in [-0.1, -0.05) is 24.3 Å². The topological polar surface area (TPSA) is 90.1 Å². The number of para-hydroxylation sites is 4. The van der Waals surface area contributed by atoms with Gasteiger partial charge in [-0.25, -0.2) is 18.8 Å². The van der Waals surface area contributed by atoms with E-state index in [9.17, 15) is 9.59 Å². The van der Waals surface area contributed by atoms with Gasteiger partial charge in [0.25, 0.3) is 0 Å². The second-order valence-corrected chi connectivity index (χ2v) is 9.11. The van der Waals surface area contributed by atoms with Crippen LogP contribution in [0.15, 0.2) is 58.1 Å². The predicted molar refractivity (Wildman–Crippen MR) is 129 cm³/mol. The van der Waals surface area contributed by atoms with Crippen LogP contribution >= 0.6 is 0 Å². The van der Waals surface area contributed by atoms with Crippen LogP contribution in [0.4, 0.5) is 0 Å². The van der Waals surface area contributed by atoms with E-state index in [4.69, 9.17) is 4.74 Å². The Morgan fingerprint density at radius 3 is 2.62 bits per heavy atom. The maximum absolute atomic E-state index is 12.9. The maximum Gasteiger partial charge on any atom is 0.350 e. The Balaban J connectivity index is 1.03. The van der Waals surface area contributed by atoms with E-state index < -0.39 is 0 Å². The summed E-state index contributed by atoms with van der Waals surface area (Å²) >= 11 is 0. The van der Waals surface area contributed by atoms with E-state index in [1.54, 1.807) is 9.25 Å². The molecule has 0 bridgehead atoms. The smallest absolute Gasteiger partial charge is 0.350 e. The minimum Gasteiger partial charge on any atom is -0.483 e. The minimum atomic E-state index is -0.101. The summed E-state index contributed by atoms with van der Waals surface area (Å²) in [4.78, 5) is 30.8. The summed E-state index contributed by atoms with van der Waals surface area (Å²) in [7, 11) is 0. The van der Waals surface area contributed by atoms with E-state index in [1.807, 2.05) is 53.1 Å². The van der Waals surface area contributed by atoms with Crippen molar-refractivity contribution in [1.82, 2.24) is 28.8 Å². The van der Waals surface area contributed by atoms with Gasteiger partial charge in [-0.3, -0.25) is 4.57 Å². The predicted octanol–water partition coefficient (Wildman–Crippen LogP) is 2.69. The third-order valence-corrected chi connectivity index (χ3v) is 7.01. The van der Waals surface area contributed by atoms with Crippen LogP contribution in [-0.4, -0.2) is 48.4 Å². The SMILES string of the molecule is O=c1n(CCCCN2CCC(n3c(=O)[nH]c4ccccc43)CC2)nc2n1-c1ccccc1OC2. The molecule has 0 saturated carbocycles. The second kappa shape index (κ2) is 8.64. The lowest BCUT2D eigenvalue weighted by Gasteiger charge is -2.32. The number of hydrogen-bond donors (Lipinski definition) is 1. The van der Waals surface area contributed by atoms with E-state index in [0.29, 0.717) is 19.0 Å². The van der Waals surface area contributed by atoms with Crippen LogP contribution in [0.5, 0.6) is 5.75 Å². The van der Waals surface area contributed by atoms with Gasteiger partial charge in [0.1, 0.15) is 12.4 Å². The van der Waals surface area contributed by atoms with Crippen molar-refractivity contribution < 1.29 is 4.74 Å². The molecule has 9 heteroatoms. The van der Waals surface area contributed by atoms with Crippen molar-refractivity contribution >= 4 is 11.0 Å². The summed E-state index contributed by atoms with van der Waals surface area (Å²) in [6.07, 6.45) is 3.82. The molecule has 1 saturated heterocycles. The molecule has 4 aromatic rings. The zero-order valence-electron chi connectivity index (χ0n) is 19.0. The number of aromatic amines is 1. The lowest BCUT2D eigenvalue weighted by molar-refractivity contribution is 0.183. The quantitative estimate of drug-likeness (QED) is 0.447. The van der Waals surface area contributed by atoms with Crippen molar-refractivity contribution in [2.45, 2.75) is 44.9 Å². The lowest BCUT2D eigenvalue weighted by Crippen LogP contribution is -2.37. The number of rotatable bonds is 6. The van der Waals surface area contributed by atoms with E-state index in [0.717, 1.165) is 67.8 Å². The molecule has 2 aliphatic rings. The molecular formula is C25H28N6O3. The molecule has 2 aliphatic heterocycles. The Bertz CT molecular complexity index is 1440. The van der Waals surface area contributed by atoms with Crippen molar-refractivity contribution in [3.8, 4) is 11.4 Å². The zero-order valence-corrected chi connectivity index (χ0v) is 19.0. The number of nitrogens with zero attached hydrogens (tertiary/aromatic N) is 5. The Morgan fingerprint density at radius 2 is 1.74 bits per heavy atom. The average Bonchev–Trinajstić information content (AvgIpc) is 3.38. The number of hydrogen-bond acceptors (Lipinski definition) is 5. The molecular weight excluding hydrogens is 432 g/mol. The van der Waals surface area contributed by atoms with E-state index >= 15 is 0 Å². The molecule has 176 valence electrons. The standard InChI is InChI=1S/C25H28N6O3/c32-24-26-19-7-1-2-8-20(19)30(24)18-11-15-28(16-12-18)13-5-6-14-29-25(33)31-21-9-3-4-10-22(21)34-17-23(31)27-29/h1-4,7-10,18H,5-6,11-17H2,(H,26,32). The highest BCUT2D eigenvalue weighted by atomic mass is 16.5. The average molecular weight is 461 g/mol. The summed E-state index contributed by atoms with van der Waals surface area (Å²) in [5.41, 5.74) is 2.54. The summed E-state index contributed by atoms with van der Waals surface area (Å²) in [6.45, 7) is 3.85. The van der Waals surface area contributed by atoms with Gasteiger partial charge in [-0.2, -0.15) is 5.10 Å². The van der Waals surface area contributed by atoms with Crippen LogP contribution in [0.1, 0.15) is 37.5 Å². The number of aryl methyl sites for hydroxylation is 1. The highest BCUT2D eigenvalue weighted by Crippen LogP contribution is 2.27. The van der Waals surface area contributed by atoms with Crippen LogP contribution in [0.25, 0.3) is 16.7 Å². The molecule has 0 spiro atoms. The third kappa shape index (κ3) is 3.66. The van der Waals surface area contributed by atoms with Crippen LogP contribution < -0.4 is 16.1 Å². The van der Waals surface area contributed by atoms with Crippen molar-refractivity contribution in [2.75, 3.05) is 19.6 Å². The van der Waals surface area contributed by atoms with Gasteiger partial charge in [0, 0.05) is 25.7 Å². The molecule has 2 aromatic heterocycles. The number of aromatic nitrogens is 5. The largest absolute Gasteiger partial charge is 0.483 e. The highest BCUT2D eigenvalue weighted by Gasteiger charge is 2.24. The Labute approximate surface area is 196 Å². The fraction of sp³-hybridized carbons (Fsp3) is 0.400. The molecule has 2 aromatic carbocycles. The molecule has 0 amide bonds. The molecule has 4 heterocycles. The number of fused-ring (bicyclic) bond motifs is 4. The van der Waals surface area contributed by atoms with Crippen LogP contribution in [0.3, 0.4) is 0 Å². The number of piperidine rings is 1. The van der Waals surface area contributed by atoms with E-state index in [2.05, 4.69) is 15.0 Å². The van der Waals surface area contributed by atoms with Gasteiger partial charge in [-0.05, 0) is 56.5 Å². The van der Waals surface area contributed by atoms with Crippen LogP contribution in [-0.2, 0) is 13.2 Å². The Hall–Kier alpha value is -3.59. The Kier molecular flexibility index (Phi) is 5.33. The van der Waals surface area contributed by atoms with Crippen LogP contribution in [0, 0.1) is 0 Å². The number of nitrogens with one attached hydrogen (secondary N) is 1. The van der Waals surface area contributed by atoms with Gasteiger partial charge in [-0.15, -0.1) is 0 Å². The lowest BCUT2D eigenvalue weighted by atomic mass is 10.0. The Morgan fingerprint density at radius 1 is 0.971 bits per heavy atom. The maximum atomic E-state index is 12.9. The number of benzene rings is 2. The van der Waals surface area contributed by atoms with Gasteiger partial charge in [0.15, 0.2) is 5.82 Å². The van der Waals surface area contributed by atoms with Gasteiger partial charge < -0.3 is 14.6 Å². The first-order chi connectivity index (χ1) is 16.7. The molecule has 0 radical (unpaired) electrons. The van der Waals surface area contributed by atoms with E-state index in [-0.39, 0.29) is 17.4 Å². The van der Waals surface area contributed by atoms with Crippen molar-refractivity contribution in [3.05, 3.63) is 75.3 Å². The summed E-state index contributed by atoms with van der Waals surface area (Å²) in [5.74, 6) is 1.37. The van der Waals surface area contributed by atoms with Gasteiger partial charge >= 0.3 is 11.4 Å². The first-order valence-corrected chi connectivity index (χ1v) is 12.0. The highest BCUT2D eigenvalue weighted by molar-refractivity contribution is 5.75. The molecule has 0 unspecified atom stereocenters. The normalized spacial score (nSPS) is 16.4. The summed E-state index contributed by atoms with van der Waals surface area (Å²) in [5, 5.41) is 4.50.